The normalized spacial score (nSPS) is 19.0. The van der Waals surface area contributed by atoms with Gasteiger partial charge in [0.05, 0.1) is 13.0 Å². The number of benzene rings is 2. The maximum Gasteiger partial charge on any atom is 0.243 e. The minimum atomic E-state index is -0.826. The van der Waals surface area contributed by atoms with Crippen molar-refractivity contribution in [2.45, 2.75) is 19.4 Å². The molecule has 2 aliphatic rings. The van der Waals surface area contributed by atoms with Gasteiger partial charge in [-0.1, -0.05) is 35.9 Å². The molecule has 0 radical (unpaired) electrons. The van der Waals surface area contributed by atoms with E-state index >= 15 is 0 Å². The minimum Gasteiger partial charge on any atom is -0.369 e. The van der Waals surface area contributed by atoms with Gasteiger partial charge in [0.1, 0.15) is 6.04 Å². The Morgan fingerprint density at radius 1 is 1.06 bits per heavy atom. The van der Waals surface area contributed by atoms with Gasteiger partial charge in [-0.3, -0.25) is 19.3 Å². The third-order valence-electron chi connectivity index (χ3n) is 6.34. The van der Waals surface area contributed by atoms with Crippen molar-refractivity contribution in [2.75, 3.05) is 56.0 Å². The van der Waals surface area contributed by atoms with Gasteiger partial charge in [-0.05, 0) is 36.8 Å². The quantitative estimate of drug-likeness (QED) is 0.657. The molecule has 2 saturated heterocycles. The molecule has 3 amide bonds. The third-order valence-corrected chi connectivity index (χ3v) is 6.75. The second-order valence-electron chi connectivity index (χ2n) is 8.71. The molecule has 0 aromatic heterocycles. The lowest BCUT2D eigenvalue weighted by molar-refractivity contribution is -0.145. The number of hydrogen-bond acceptors (Lipinski definition) is 5. The first-order valence-electron chi connectivity index (χ1n) is 11.6. The Morgan fingerprint density at radius 2 is 1.79 bits per heavy atom. The predicted octanol–water partition coefficient (Wildman–Crippen LogP) is 2.13. The minimum absolute atomic E-state index is 0.106. The van der Waals surface area contributed by atoms with Crippen molar-refractivity contribution in [3.05, 3.63) is 59.1 Å². The number of para-hydroxylation sites is 1. The van der Waals surface area contributed by atoms with Crippen molar-refractivity contribution >= 4 is 40.7 Å². The van der Waals surface area contributed by atoms with Gasteiger partial charge in [0.15, 0.2) is 0 Å². The highest BCUT2D eigenvalue weighted by Crippen LogP contribution is 2.21. The van der Waals surface area contributed by atoms with Gasteiger partial charge in [-0.25, -0.2) is 0 Å². The van der Waals surface area contributed by atoms with E-state index in [9.17, 15) is 14.4 Å². The average Bonchev–Trinajstić information content (AvgIpc) is 2.83. The standard InChI is InChI=1S/C25H30ClN5O3/c1-18-7-8-19(15-21(18)26)28-23(32)16-22-25(34)27-9-10-31(22)24(33)17-29-11-13-30(14-12-29)20-5-3-2-4-6-20/h2-8,15,22H,9-14,16-17H2,1H3,(H,27,34)(H,28,32)/t22-/m1/s1. The molecule has 34 heavy (non-hydrogen) atoms. The summed E-state index contributed by atoms with van der Waals surface area (Å²) in [6, 6.07) is 14.7. The SMILES string of the molecule is Cc1ccc(NC(=O)C[C@@H]2C(=O)NCCN2C(=O)CN2CCN(c3ccccc3)CC2)cc1Cl. The summed E-state index contributed by atoms with van der Waals surface area (Å²) in [5, 5.41) is 6.11. The number of carbonyl (C=O) groups excluding carboxylic acids is 3. The van der Waals surface area contributed by atoms with Crippen LogP contribution < -0.4 is 15.5 Å². The van der Waals surface area contributed by atoms with Crippen LogP contribution in [0, 0.1) is 6.92 Å². The van der Waals surface area contributed by atoms with Crippen molar-refractivity contribution < 1.29 is 14.4 Å². The Morgan fingerprint density at radius 3 is 2.50 bits per heavy atom. The first-order chi connectivity index (χ1) is 16.4. The van der Waals surface area contributed by atoms with Crippen LogP contribution in [0.3, 0.4) is 0 Å². The molecule has 2 fully saturated rings. The number of rotatable bonds is 6. The van der Waals surface area contributed by atoms with Crippen LogP contribution in [-0.2, 0) is 14.4 Å². The number of nitrogens with one attached hydrogen (secondary N) is 2. The lowest BCUT2D eigenvalue weighted by atomic mass is 10.1. The van der Waals surface area contributed by atoms with Gasteiger partial charge < -0.3 is 20.4 Å². The van der Waals surface area contributed by atoms with Crippen molar-refractivity contribution in [1.82, 2.24) is 15.1 Å². The maximum absolute atomic E-state index is 13.1. The van der Waals surface area contributed by atoms with Crippen LogP contribution in [0.4, 0.5) is 11.4 Å². The number of carbonyl (C=O) groups is 3. The summed E-state index contributed by atoms with van der Waals surface area (Å²) >= 11 is 6.14. The van der Waals surface area contributed by atoms with E-state index in [1.165, 1.54) is 5.69 Å². The van der Waals surface area contributed by atoms with Gasteiger partial charge in [0.2, 0.25) is 17.7 Å². The van der Waals surface area contributed by atoms with E-state index in [4.69, 9.17) is 11.6 Å². The molecule has 2 aliphatic heterocycles. The number of amides is 3. The first-order valence-corrected chi connectivity index (χ1v) is 11.9. The number of hydrogen-bond donors (Lipinski definition) is 2. The van der Waals surface area contributed by atoms with E-state index in [0.29, 0.717) is 23.8 Å². The predicted molar refractivity (Wildman–Crippen MR) is 133 cm³/mol. The summed E-state index contributed by atoms with van der Waals surface area (Å²) in [5.74, 6) is -0.763. The number of halogens is 1. The highest BCUT2D eigenvalue weighted by Gasteiger charge is 2.35. The van der Waals surface area contributed by atoms with E-state index in [1.807, 2.05) is 31.2 Å². The van der Waals surface area contributed by atoms with E-state index < -0.39 is 6.04 Å². The molecule has 2 N–H and O–H groups in total. The van der Waals surface area contributed by atoms with E-state index in [-0.39, 0.29) is 30.7 Å². The van der Waals surface area contributed by atoms with Gasteiger partial charge in [0, 0.05) is 55.7 Å². The van der Waals surface area contributed by atoms with Crippen molar-refractivity contribution in [3.8, 4) is 0 Å². The zero-order chi connectivity index (χ0) is 24.1. The fourth-order valence-electron chi connectivity index (χ4n) is 4.36. The summed E-state index contributed by atoms with van der Waals surface area (Å²) in [7, 11) is 0. The fourth-order valence-corrected chi connectivity index (χ4v) is 4.54. The summed E-state index contributed by atoms with van der Waals surface area (Å²) in [4.78, 5) is 44.3. The smallest absolute Gasteiger partial charge is 0.243 e. The van der Waals surface area contributed by atoms with E-state index in [1.54, 1.807) is 17.0 Å². The highest BCUT2D eigenvalue weighted by atomic mass is 35.5. The molecule has 0 aliphatic carbocycles. The van der Waals surface area contributed by atoms with Gasteiger partial charge >= 0.3 is 0 Å². The van der Waals surface area contributed by atoms with Gasteiger partial charge in [-0.2, -0.15) is 0 Å². The van der Waals surface area contributed by atoms with Crippen LogP contribution >= 0.6 is 11.6 Å². The van der Waals surface area contributed by atoms with Crippen LogP contribution in [0.25, 0.3) is 0 Å². The number of anilines is 2. The van der Waals surface area contributed by atoms with Crippen LogP contribution in [0.5, 0.6) is 0 Å². The topological polar surface area (TPSA) is 85.0 Å². The summed E-state index contributed by atoms with van der Waals surface area (Å²) in [5.41, 5.74) is 2.65. The molecule has 0 unspecified atom stereocenters. The molecule has 2 aromatic rings. The molecule has 2 aromatic carbocycles. The van der Waals surface area contributed by atoms with E-state index in [0.717, 1.165) is 31.7 Å². The number of piperazine rings is 2. The second-order valence-corrected chi connectivity index (χ2v) is 9.12. The van der Waals surface area contributed by atoms with Crippen molar-refractivity contribution in [1.29, 1.82) is 0 Å². The first kappa shape index (κ1) is 24.0. The van der Waals surface area contributed by atoms with E-state index in [2.05, 4.69) is 32.6 Å². The van der Waals surface area contributed by atoms with Crippen LogP contribution in [0.1, 0.15) is 12.0 Å². The van der Waals surface area contributed by atoms with Gasteiger partial charge in [-0.15, -0.1) is 0 Å². The maximum atomic E-state index is 13.1. The molecular weight excluding hydrogens is 454 g/mol. The monoisotopic (exact) mass is 483 g/mol. The Kier molecular flexibility index (Phi) is 7.70. The zero-order valence-electron chi connectivity index (χ0n) is 19.3. The third kappa shape index (κ3) is 5.87. The van der Waals surface area contributed by atoms with Gasteiger partial charge in [0.25, 0.3) is 0 Å². The van der Waals surface area contributed by atoms with Crippen molar-refractivity contribution in [2.24, 2.45) is 0 Å². The largest absolute Gasteiger partial charge is 0.369 e. The lowest BCUT2D eigenvalue weighted by Gasteiger charge is -2.39. The Hall–Kier alpha value is -3.10. The molecule has 4 rings (SSSR count). The molecular formula is C25H30ClN5O3. The molecule has 2 heterocycles. The molecule has 1 atom stereocenters. The average molecular weight is 484 g/mol. The van der Waals surface area contributed by atoms with Crippen LogP contribution in [0.15, 0.2) is 48.5 Å². The number of aryl methyl sites for hydroxylation is 1. The summed E-state index contributed by atoms with van der Waals surface area (Å²) < 4.78 is 0. The fraction of sp³-hybridized carbons (Fsp3) is 0.400. The van der Waals surface area contributed by atoms with Crippen LogP contribution in [0.2, 0.25) is 5.02 Å². The lowest BCUT2D eigenvalue weighted by Crippen LogP contribution is -2.60. The molecule has 180 valence electrons. The second kappa shape index (κ2) is 10.9. The molecule has 0 spiro atoms. The Balaban J connectivity index is 1.33. The molecule has 0 bridgehead atoms. The molecule has 9 heteroatoms. The molecule has 8 nitrogen and oxygen atoms in total. The Bertz CT molecular complexity index is 1040. The Labute approximate surface area is 204 Å². The number of nitrogens with zero attached hydrogens (tertiary/aromatic N) is 3. The highest BCUT2D eigenvalue weighted by molar-refractivity contribution is 6.31. The summed E-state index contributed by atoms with van der Waals surface area (Å²) in [6.45, 7) is 6.10. The summed E-state index contributed by atoms with van der Waals surface area (Å²) in [6.07, 6.45) is -0.106. The van der Waals surface area contributed by atoms with Crippen molar-refractivity contribution in [3.63, 3.8) is 0 Å². The van der Waals surface area contributed by atoms with Crippen LogP contribution in [-0.4, -0.2) is 79.4 Å². The zero-order valence-corrected chi connectivity index (χ0v) is 20.1. The molecule has 0 saturated carbocycles.